The van der Waals surface area contributed by atoms with Crippen molar-refractivity contribution in [3.05, 3.63) is 65.7 Å². The molecule has 0 saturated carbocycles. The van der Waals surface area contributed by atoms with Gasteiger partial charge in [0.2, 0.25) is 17.7 Å². The van der Waals surface area contributed by atoms with E-state index >= 15 is 0 Å². The fourth-order valence-corrected chi connectivity index (χ4v) is 3.78. The average Bonchev–Trinajstić information content (AvgIpc) is 2.92. The van der Waals surface area contributed by atoms with Crippen LogP contribution in [0, 0.1) is 0 Å². The maximum atomic E-state index is 13.4. The molecule has 0 saturated heterocycles. The number of hydrogen-bond donors (Lipinski definition) is 8. The van der Waals surface area contributed by atoms with Gasteiger partial charge in [0.25, 0.3) is 0 Å². The predicted octanol–water partition coefficient (Wildman–Crippen LogP) is -0.835. The summed E-state index contributed by atoms with van der Waals surface area (Å²) in [7, 11) is 0. The lowest BCUT2D eigenvalue weighted by Crippen LogP contribution is -2.58. The van der Waals surface area contributed by atoms with Crippen LogP contribution < -0.4 is 27.4 Å². The molecule has 0 radical (unpaired) electrons. The molecule has 2 aromatic carbocycles. The SMILES string of the molecule is NCCCCC(N)C(=O)NC(Cc1ccccc1)C(=O)NC(Cc1ccc(O)cc1)C(=O)NC(CO)C(=O)O. The van der Waals surface area contributed by atoms with Crippen LogP contribution in [0.5, 0.6) is 5.75 Å². The zero-order valence-corrected chi connectivity index (χ0v) is 21.6. The van der Waals surface area contributed by atoms with Gasteiger partial charge in [-0.1, -0.05) is 48.9 Å². The minimum Gasteiger partial charge on any atom is -0.508 e. The first-order valence-corrected chi connectivity index (χ1v) is 12.7. The summed E-state index contributed by atoms with van der Waals surface area (Å²) in [4.78, 5) is 50.6. The molecule has 0 aliphatic rings. The topological polar surface area (TPSA) is 217 Å². The maximum Gasteiger partial charge on any atom is 0.328 e. The number of aromatic hydroxyl groups is 1. The van der Waals surface area contributed by atoms with Gasteiger partial charge in [0, 0.05) is 12.8 Å². The second-order valence-corrected chi connectivity index (χ2v) is 9.16. The fourth-order valence-electron chi connectivity index (χ4n) is 3.78. The second-order valence-electron chi connectivity index (χ2n) is 9.16. The smallest absolute Gasteiger partial charge is 0.328 e. The molecule has 2 aromatic rings. The summed E-state index contributed by atoms with van der Waals surface area (Å²) in [6, 6.07) is 10.1. The Morgan fingerprint density at radius 1 is 0.744 bits per heavy atom. The summed E-state index contributed by atoms with van der Waals surface area (Å²) in [6.45, 7) is -0.382. The Bertz CT molecular complexity index is 1080. The number of nitrogens with two attached hydrogens (primary N) is 2. The molecule has 0 aliphatic heterocycles. The summed E-state index contributed by atoms with van der Waals surface area (Å²) in [5.74, 6) is -3.51. The zero-order chi connectivity index (χ0) is 28.8. The number of carboxylic acid groups (broad SMARTS) is 1. The number of carbonyl (C=O) groups is 4. The largest absolute Gasteiger partial charge is 0.508 e. The molecule has 12 nitrogen and oxygen atoms in total. The van der Waals surface area contributed by atoms with E-state index in [0.717, 1.165) is 5.56 Å². The molecule has 0 bridgehead atoms. The lowest BCUT2D eigenvalue weighted by Gasteiger charge is -2.25. The standard InChI is InChI=1S/C27H37N5O7/c28-13-5-4-8-20(29)24(35)30-21(14-17-6-2-1-3-7-17)25(36)31-22(15-18-9-11-19(34)12-10-18)26(37)32-23(16-33)27(38)39/h1-3,6-7,9-12,20-23,33-34H,4-5,8,13-16,28-29H2,(H,30,35)(H,31,36)(H,32,37)(H,38,39). The number of phenolic OH excluding ortho intramolecular Hbond substituents is 1. The quantitative estimate of drug-likeness (QED) is 0.124. The van der Waals surface area contributed by atoms with Gasteiger partial charge in [0.05, 0.1) is 12.6 Å². The van der Waals surface area contributed by atoms with Crippen molar-refractivity contribution >= 4 is 23.7 Å². The van der Waals surface area contributed by atoms with E-state index in [1.54, 1.807) is 36.4 Å². The molecule has 0 spiro atoms. The molecule has 212 valence electrons. The Labute approximate surface area is 226 Å². The van der Waals surface area contributed by atoms with Crippen molar-refractivity contribution < 1.29 is 34.5 Å². The molecule has 3 amide bonds. The van der Waals surface area contributed by atoms with Crippen molar-refractivity contribution in [3.63, 3.8) is 0 Å². The molecule has 0 aromatic heterocycles. The summed E-state index contributed by atoms with van der Waals surface area (Å²) in [5, 5.41) is 35.6. The number of amides is 3. The van der Waals surface area contributed by atoms with E-state index in [1.807, 2.05) is 6.07 Å². The van der Waals surface area contributed by atoms with Crippen molar-refractivity contribution in [2.75, 3.05) is 13.2 Å². The molecular formula is C27H37N5O7. The van der Waals surface area contributed by atoms with Crippen molar-refractivity contribution in [2.24, 2.45) is 11.5 Å². The maximum absolute atomic E-state index is 13.4. The number of aliphatic hydroxyl groups is 1. The molecular weight excluding hydrogens is 506 g/mol. The van der Waals surface area contributed by atoms with Crippen molar-refractivity contribution in [2.45, 2.75) is 56.3 Å². The van der Waals surface area contributed by atoms with Crippen molar-refractivity contribution in [1.29, 1.82) is 0 Å². The van der Waals surface area contributed by atoms with Crippen LogP contribution in [0.3, 0.4) is 0 Å². The van der Waals surface area contributed by atoms with E-state index in [4.69, 9.17) is 11.5 Å². The lowest BCUT2D eigenvalue weighted by molar-refractivity contribution is -0.143. The monoisotopic (exact) mass is 543 g/mol. The molecule has 39 heavy (non-hydrogen) atoms. The molecule has 10 N–H and O–H groups in total. The number of benzene rings is 2. The van der Waals surface area contributed by atoms with Gasteiger partial charge in [-0.3, -0.25) is 14.4 Å². The Morgan fingerprint density at radius 2 is 1.26 bits per heavy atom. The molecule has 0 aliphatic carbocycles. The van der Waals surface area contributed by atoms with E-state index in [1.165, 1.54) is 12.1 Å². The van der Waals surface area contributed by atoms with E-state index in [0.29, 0.717) is 31.4 Å². The van der Waals surface area contributed by atoms with Gasteiger partial charge in [-0.05, 0) is 42.6 Å². The Hall–Kier alpha value is -4.00. The highest BCUT2D eigenvalue weighted by Crippen LogP contribution is 2.12. The second kappa shape index (κ2) is 16.1. The summed E-state index contributed by atoms with van der Waals surface area (Å²) < 4.78 is 0. The van der Waals surface area contributed by atoms with Crippen molar-refractivity contribution in [3.8, 4) is 5.75 Å². The van der Waals surface area contributed by atoms with Gasteiger partial charge in [0.1, 0.15) is 23.9 Å². The summed E-state index contributed by atoms with van der Waals surface area (Å²) in [6.07, 6.45) is 1.78. The van der Waals surface area contributed by atoms with Crippen LogP contribution in [0.2, 0.25) is 0 Å². The number of phenols is 1. The first-order chi connectivity index (χ1) is 18.6. The number of carbonyl (C=O) groups excluding carboxylic acids is 3. The molecule has 12 heteroatoms. The third-order valence-electron chi connectivity index (χ3n) is 6.03. The van der Waals surface area contributed by atoms with Crippen LogP contribution in [0.4, 0.5) is 0 Å². The minimum atomic E-state index is -1.58. The van der Waals surface area contributed by atoms with Crippen LogP contribution in [-0.4, -0.2) is 76.3 Å². The van der Waals surface area contributed by atoms with Gasteiger partial charge >= 0.3 is 5.97 Å². The van der Waals surface area contributed by atoms with Crippen molar-refractivity contribution in [1.82, 2.24) is 16.0 Å². The Morgan fingerprint density at radius 3 is 1.77 bits per heavy atom. The number of nitrogens with one attached hydrogen (secondary N) is 3. The first-order valence-electron chi connectivity index (χ1n) is 12.7. The molecule has 4 atom stereocenters. The molecule has 0 fully saturated rings. The van der Waals surface area contributed by atoms with Gasteiger partial charge in [0.15, 0.2) is 0 Å². The van der Waals surface area contributed by atoms with Gasteiger partial charge in [-0.25, -0.2) is 4.79 Å². The molecule has 0 heterocycles. The Kier molecular flexibility index (Phi) is 12.9. The van der Waals surface area contributed by atoms with E-state index in [9.17, 15) is 34.5 Å². The lowest BCUT2D eigenvalue weighted by atomic mass is 10.0. The zero-order valence-electron chi connectivity index (χ0n) is 21.6. The highest BCUT2D eigenvalue weighted by Gasteiger charge is 2.30. The van der Waals surface area contributed by atoms with Crippen LogP contribution in [0.1, 0.15) is 30.4 Å². The van der Waals surface area contributed by atoms with Crippen LogP contribution >= 0.6 is 0 Å². The molecule has 4 unspecified atom stereocenters. The number of aliphatic carboxylic acids is 1. The highest BCUT2D eigenvalue weighted by atomic mass is 16.4. The van der Waals surface area contributed by atoms with E-state index in [-0.39, 0.29) is 18.6 Å². The number of hydrogen-bond acceptors (Lipinski definition) is 8. The van der Waals surface area contributed by atoms with Crippen LogP contribution in [0.15, 0.2) is 54.6 Å². The molecule has 2 rings (SSSR count). The third-order valence-corrected chi connectivity index (χ3v) is 6.03. The minimum absolute atomic E-state index is 0.00319. The third kappa shape index (κ3) is 10.7. The summed E-state index contributed by atoms with van der Waals surface area (Å²) >= 11 is 0. The normalized spacial score (nSPS) is 13.9. The average molecular weight is 544 g/mol. The van der Waals surface area contributed by atoms with Crippen LogP contribution in [-0.2, 0) is 32.0 Å². The fraction of sp³-hybridized carbons (Fsp3) is 0.407. The predicted molar refractivity (Wildman–Crippen MR) is 143 cm³/mol. The number of aliphatic hydroxyl groups excluding tert-OH is 1. The number of rotatable bonds is 16. The van der Waals surface area contributed by atoms with Gasteiger partial charge in [-0.2, -0.15) is 0 Å². The summed E-state index contributed by atoms with van der Waals surface area (Å²) in [5.41, 5.74) is 12.8. The highest BCUT2D eigenvalue weighted by molar-refractivity contribution is 5.94. The number of carboxylic acids is 1. The van der Waals surface area contributed by atoms with Gasteiger partial charge < -0.3 is 42.7 Å². The van der Waals surface area contributed by atoms with E-state index in [2.05, 4.69) is 16.0 Å². The van der Waals surface area contributed by atoms with Crippen LogP contribution in [0.25, 0.3) is 0 Å². The Balaban J connectivity index is 2.26. The van der Waals surface area contributed by atoms with Gasteiger partial charge in [-0.15, -0.1) is 0 Å². The van der Waals surface area contributed by atoms with E-state index < -0.39 is 54.5 Å². The number of unbranched alkanes of at least 4 members (excludes halogenated alkanes) is 1. The first kappa shape index (κ1) is 31.2.